The quantitative estimate of drug-likeness (QED) is 0.245. The second-order valence-electron chi connectivity index (χ2n) is 9.80. The van der Waals surface area contributed by atoms with Crippen molar-refractivity contribution in [2.75, 3.05) is 0 Å². The summed E-state index contributed by atoms with van der Waals surface area (Å²) in [6, 6.07) is 42.6. The van der Waals surface area contributed by atoms with Gasteiger partial charge in [-0.1, -0.05) is 79.7 Å². The van der Waals surface area contributed by atoms with Crippen LogP contribution in [0.5, 0.6) is 0 Å². The fourth-order valence-corrected chi connectivity index (χ4v) is 5.87. The highest BCUT2D eigenvalue weighted by Gasteiger charge is 2.16. The minimum absolute atomic E-state index is 0.455. The van der Waals surface area contributed by atoms with Crippen LogP contribution in [0.2, 0.25) is 0 Å². The summed E-state index contributed by atoms with van der Waals surface area (Å²) >= 11 is 0. The van der Waals surface area contributed by atoms with Gasteiger partial charge in [0.15, 0.2) is 0 Å². The van der Waals surface area contributed by atoms with Gasteiger partial charge in [0.25, 0.3) is 0 Å². The van der Waals surface area contributed by atoms with E-state index in [9.17, 15) is 0 Å². The van der Waals surface area contributed by atoms with Gasteiger partial charge in [-0.05, 0) is 66.9 Å². The molecule has 2 aromatic heterocycles. The van der Waals surface area contributed by atoms with Gasteiger partial charge < -0.3 is 9.13 Å². The third-order valence-electron chi connectivity index (χ3n) is 7.76. The van der Waals surface area contributed by atoms with Crippen LogP contribution in [-0.2, 0) is 0 Å². The fourth-order valence-electron chi connectivity index (χ4n) is 5.87. The average Bonchev–Trinajstić information content (AvgIpc) is 3.45. The van der Waals surface area contributed by atoms with Crippen LogP contribution in [0, 0.1) is 0 Å². The normalized spacial score (nSPS) is 12.7. The Morgan fingerprint density at radius 1 is 0.528 bits per heavy atom. The molecule has 1 atom stereocenters. The first-order valence-electron chi connectivity index (χ1n) is 12.9. The summed E-state index contributed by atoms with van der Waals surface area (Å²) < 4.78 is 4.89. The number of hydrogen-bond acceptors (Lipinski definition) is 0. The molecule has 36 heavy (non-hydrogen) atoms. The van der Waals surface area contributed by atoms with Crippen molar-refractivity contribution < 1.29 is 0 Å². The molecule has 0 radical (unpaired) electrons. The Morgan fingerprint density at radius 3 is 1.75 bits per heavy atom. The molecule has 7 rings (SSSR count). The van der Waals surface area contributed by atoms with E-state index in [0.29, 0.717) is 6.04 Å². The molecule has 0 saturated carbocycles. The Labute approximate surface area is 211 Å². The lowest BCUT2D eigenvalue weighted by Crippen LogP contribution is -2.02. The SMILES string of the molecule is CCC(C)n1c2ccccc2c2cc(-c3cccc(-n4c5ccccc5c5ccccc54)c3)ccc21. The van der Waals surface area contributed by atoms with Gasteiger partial charge in [-0.3, -0.25) is 0 Å². The molecule has 0 fully saturated rings. The van der Waals surface area contributed by atoms with Gasteiger partial charge in [-0.15, -0.1) is 0 Å². The zero-order chi connectivity index (χ0) is 24.2. The van der Waals surface area contributed by atoms with Gasteiger partial charge in [-0.25, -0.2) is 0 Å². The average molecular weight is 465 g/mol. The van der Waals surface area contributed by atoms with Crippen molar-refractivity contribution in [3.05, 3.63) is 115 Å². The summed E-state index contributed by atoms with van der Waals surface area (Å²) in [6.45, 7) is 4.58. The molecule has 0 aliphatic heterocycles. The van der Waals surface area contributed by atoms with E-state index >= 15 is 0 Å². The highest BCUT2D eigenvalue weighted by Crippen LogP contribution is 2.37. The largest absolute Gasteiger partial charge is 0.338 e. The fraction of sp³-hybridized carbons (Fsp3) is 0.118. The number of hydrogen-bond donors (Lipinski definition) is 0. The predicted octanol–water partition coefficient (Wildman–Crippen LogP) is 9.53. The number of benzene rings is 5. The van der Waals surface area contributed by atoms with Crippen molar-refractivity contribution in [1.29, 1.82) is 0 Å². The Bertz CT molecular complexity index is 1850. The topological polar surface area (TPSA) is 9.86 Å². The summed E-state index contributed by atoms with van der Waals surface area (Å²) in [5.41, 5.74) is 8.78. The van der Waals surface area contributed by atoms with E-state index < -0.39 is 0 Å². The highest BCUT2D eigenvalue weighted by atomic mass is 15.0. The van der Waals surface area contributed by atoms with E-state index in [4.69, 9.17) is 0 Å². The van der Waals surface area contributed by atoms with Crippen LogP contribution in [0.15, 0.2) is 115 Å². The summed E-state index contributed by atoms with van der Waals surface area (Å²) in [4.78, 5) is 0. The molecule has 0 spiro atoms. The number of fused-ring (bicyclic) bond motifs is 6. The number of rotatable bonds is 4. The lowest BCUT2D eigenvalue weighted by atomic mass is 10.0. The Morgan fingerprint density at radius 2 is 1.08 bits per heavy atom. The van der Waals surface area contributed by atoms with E-state index in [1.165, 1.54) is 60.4 Å². The minimum Gasteiger partial charge on any atom is -0.338 e. The van der Waals surface area contributed by atoms with Crippen LogP contribution >= 0.6 is 0 Å². The van der Waals surface area contributed by atoms with Gasteiger partial charge in [-0.2, -0.15) is 0 Å². The molecule has 0 aliphatic carbocycles. The Hall–Kier alpha value is -4.30. The van der Waals surface area contributed by atoms with E-state index in [2.05, 4.69) is 138 Å². The number of para-hydroxylation sites is 3. The van der Waals surface area contributed by atoms with Gasteiger partial charge in [0.1, 0.15) is 0 Å². The number of nitrogens with zero attached hydrogens (tertiary/aromatic N) is 2. The molecule has 0 saturated heterocycles. The molecule has 0 amide bonds. The molecule has 0 bridgehead atoms. The molecule has 2 nitrogen and oxygen atoms in total. The molecular weight excluding hydrogens is 436 g/mol. The van der Waals surface area contributed by atoms with Crippen LogP contribution in [0.25, 0.3) is 60.4 Å². The molecule has 5 aromatic carbocycles. The van der Waals surface area contributed by atoms with Crippen molar-refractivity contribution in [3.8, 4) is 16.8 Å². The van der Waals surface area contributed by atoms with Crippen molar-refractivity contribution in [1.82, 2.24) is 9.13 Å². The van der Waals surface area contributed by atoms with Crippen molar-refractivity contribution in [2.24, 2.45) is 0 Å². The molecule has 0 N–H and O–H groups in total. The molecule has 7 aromatic rings. The van der Waals surface area contributed by atoms with Crippen LogP contribution in [-0.4, -0.2) is 9.13 Å². The van der Waals surface area contributed by atoms with Crippen molar-refractivity contribution in [3.63, 3.8) is 0 Å². The van der Waals surface area contributed by atoms with Crippen LogP contribution < -0.4 is 0 Å². The first-order chi connectivity index (χ1) is 17.7. The molecule has 2 heterocycles. The lowest BCUT2D eigenvalue weighted by molar-refractivity contribution is 0.563. The molecule has 2 heteroatoms. The van der Waals surface area contributed by atoms with E-state index in [1.54, 1.807) is 0 Å². The zero-order valence-electron chi connectivity index (χ0n) is 20.6. The maximum atomic E-state index is 2.50. The Balaban J connectivity index is 1.44. The van der Waals surface area contributed by atoms with E-state index in [-0.39, 0.29) is 0 Å². The minimum atomic E-state index is 0.455. The van der Waals surface area contributed by atoms with Crippen LogP contribution in [0.4, 0.5) is 0 Å². The van der Waals surface area contributed by atoms with Gasteiger partial charge in [0.2, 0.25) is 0 Å². The number of aromatic nitrogens is 2. The van der Waals surface area contributed by atoms with E-state index in [0.717, 1.165) is 6.42 Å². The maximum absolute atomic E-state index is 2.50. The van der Waals surface area contributed by atoms with Crippen LogP contribution in [0.3, 0.4) is 0 Å². The molecule has 1 unspecified atom stereocenters. The maximum Gasteiger partial charge on any atom is 0.0541 e. The summed E-state index contributed by atoms with van der Waals surface area (Å²) in [5, 5.41) is 5.23. The van der Waals surface area contributed by atoms with Crippen LogP contribution in [0.1, 0.15) is 26.3 Å². The summed E-state index contributed by atoms with van der Waals surface area (Å²) in [5.74, 6) is 0. The first kappa shape index (κ1) is 21.0. The summed E-state index contributed by atoms with van der Waals surface area (Å²) in [6.07, 6.45) is 1.11. The van der Waals surface area contributed by atoms with E-state index in [1.807, 2.05) is 0 Å². The van der Waals surface area contributed by atoms with Crippen molar-refractivity contribution in [2.45, 2.75) is 26.3 Å². The van der Waals surface area contributed by atoms with Crippen molar-refractivity contribution >= 4 is 43.6 Å². The summed E-state index contributed by atoms with van der Waals surface area (Å²) in [7, 11) is 0. The standard InChI is InChI=1S/C34H28N2/c1-3-23(2)35-31-16-7-6-15-29(31)30-22-25(19-20-34(30)35)24-11-10-12-26(21-24)36-32-17-8-4-13-27(32)28-14-5-9-18-33(28)36/h4-23H,3H2,1-2H3. The second kappa shape index (κ2) is 8.13. The Kier molecular flexibility index (Phi) is 4.75. The smallest absolute Gasteiger partial charge is 0.0541 e. The predicted molar refractivity (Wildman–Crippen MR) is 154 cm³/mol. The zero-order valence-corrected chi connectivity index (χ0v) is 20.6. The molecular formula is C34H28N2. The lowest BCUT2D eigenvalue weighted by Gasteiger charge is -2.15. The molecule has 0 aliphatic rings. The molecule has 174 valence electrons. The van der Waals surface area contributed by atoms with Gasteiger partial charge in [0.05, 0.1) is 11.0 Å². The highest BCUT2D eigenvalue weighted by molar-refractivity contribution is 6.10. The van der Waals surface area contributed by atoms with Gasteiger partial charge in [0, 0.05) is 44.3 Å². The second-order valence-corrected chi connectivity index (χ2v) is 9.80. The third-order valence-corrected chi connectivity index (χ3v) is 7.76. The first-order valence-corrected chi connectivity index (χ1v) is 12.9. The van der Waals surface area contributed by atoms with Gasteiger partial charge >= 0.3 is 0 Å². The monoisotopic (exact) mass is 464 g/mol. The third kappa shape index (κ3) is 3.04.